The van der Waals surface area contributed by atoms with Crippen LogP contribution in [0.2, 0.25) is 0 Å². The molecule has 0 unspecified atom stereocenters. The molecule has 0 saturated heterocycles. The third-order valence-electron chi connectivity index (χ3n) is 7.46. The minimum Gasteiger partial charge on any atom is -0.493 e. The number of hydrogen-bond acceptors (Lipinski definition) is 10. The molecule has 2 heterocycles. The Bertz CT molecular complexity index is 2450. The molecular weight excluding hydrogens is 751 g/mol. The monoisotopic (exact) mass is 781 g/mol. The number of para-hydroxylation sites is 3. The number of rotatable bonds is 9. The first-order valence-corrected chi connectivity index (χ1v) is 16.6. The molecule has 53 heavy (non-hydrogen) atoms. The molecule has 6 rings (SSSR count). The molecule has 0 spiro atoms. The van der Waals surface area contributed by atoms with E-state index in [2.05, 4.69) is 20.2 Å². The fourth-order valence-corrected chi connectivity index (χ4v) is 5.35. The van der Waals surface area contributed by atoms with Crippen LogP contribution < -0.4 is 0 Å². The van der Waals surface area contributed by atoms with Gasteiger partial charge in [-0.3, -0.25) is 14.5 Å². The van der Waals surface area contributed by atoms with Crippen molar-refractivity contribution in [2.24, 2.45) is 9.98 Å². The minimum atomic E-state index is -4.53. The summed E-state index contributed by atoms with van der Waals surface area (Å²) in [6, 6.07) is 27.4. The number of nitrogens with zero attached hydrogens (tertiary/aromatic N) is 6. The van der Waals surface area contributed by atoms with E-state index >= 15 is 0 Å². The van der Waals surface area contributed by atoms with Crippen molar-refractivity contribution in [3.63, 3.8) is 0 Å². The topological polar surface area (TPSA) is 230 Å². The molecule has 6 aromatic rings. The largest absolute Gasteiger partial charge is 0.493 e. The van der Waals surface area contributed by atoms with Gasteiger partial charge < -0.3 is 20.4 Å². The molecule has 0 saturated carbocycles. The Morgan fingerprint density at radius 1 is 0.642 bits per heavy atom. The van der Waals surface area contributed by atoms with Crippen molar-refractivity contribution in [3.8, 4) is 23.1 Å². The first-order chi connectivity index (χ1) is 24.8. The fourth-order valence-electron chi connectivity index (χ4n) is 4.85. The Morgan fingerprint density at radius 3 is 1.51 bits per heavy atom. The summed E-state index contributed by atoms with van der Waals surface area (Å²) in [5, 5.41) is 47.9. The Kier molecular flexibility index (Phi) is 12.4. The molecule has 17 heteroatoms. The van der Waals surface area contributed by atoms with Crippen LogP contribution in [0.5, 0.6) is 11.8 Å². The van der Waals surface area contributed by atoms with E-state index in [9.17, 15) is 38.4 Å². The molecule has 15 nitrogen and oxygen atoms in total. The van der Waals surface area contributed by atoms with Crippen molar-refractivity contribution in [1.29, 1.82) is 0 Å². The van der Waals surface area contributed by atoms with Gasteiger partial charge in [0.25, 0.3) is 10.1 Å². The van der Waals surface area contributed by atoms with Gasteiger partial charge in [-0.15, -0.1) is 0 Å². The summed E-state index contributed by atoms with van der Waals surface area (Å²) < 4.78 is 34.5. The van der Waals surface area contributed by atoms with Crippen molar-refractivity contribution >= 4 is 45.9 Å². The number of carboxylic acids is 2. The zero-order chi connectivity index (χ0) is 37.6. The molecule has 0 aliphatic heterocycles. The minimum absolute atomic E-state index is 0. The van der Waals surface area contributed by atoms with Gasteiger partial charge in [-0.1, -0.05) is 48.5 Å². The number of aromatic hydroxyl groups is 2. The number of aromatic carboxylic acids is 2. The number of carboxylic acid groups (broad SMARTS) is 2. The number of aliphatic imine (C=N–C) groups is 2. The van der Waals surface area contributed by atoms with Crippen LogP contribution in [0.3, 0.4) is 0 Å². The summed E-state index contributed by atoms with van der Waals surface area (Å²) in [4.78, 5) is 30.3. The van der Waals surface area contributed by atoms with E-state index < -0.39 is 27.0 Å². The van der Waals surface area contributed by atoms with Crippen molar-refractivity contribution in [2.75, 3.05) is 0 Å². The molecule has 0 fully saturated rings. The Hall–Kier alpha value is -6.40. The fraction of sp³-hybridized carbons (Fsp3) is 0.0556. The molecule has 0 atom stereocenters. The summed E-state index contributed by atoms with van der Waals surface area (Å²) in [5.74, 6) is -2.64. The number of benzene rings is 4. The van der Waals surface area contributed by atoms with Crippen LogP contribution in [-0.2, 0) is 26.9 Å². The van der Waals surface area contributed by atoms with Gasteiger partial charge in [-0.05, 0) is 68.4 Å². The normalized spacial score (nSPS) is 11.2. The standard InChI is InChI=1S/C18H15N3O6S.C18H15N3O3.Co/c1-11-15(17(22)21(20-11)12-5-3-2-4-6-12)10-19-16-9-13(28(25,26)27)7-8-14(16)18(23)24;1-12-15(11-19-16-10-6-5-9-14(16)18(23)24)17(22)21(20-12)13-7-3-2-4-8-13;/h2-10,22H,1H3,(H,23,24)(H,25,26,27);2-11,22H,1H3,(H,23,24);. The molecular formula is C36H30CoN6O9S. The van der Waals surface area contributed by atoms with E-state index in [0.29, 0.717) is 28.3 Å². The number of hydrogen-bond donors (Lipinski definition) is 5. The molecule has 4 aromatic carbocycles. The molecule has 0 aliphatic carbocycles. The van der Waals surface area contributed by atoms with E-state index in [4.69, 9.17) is 4.55 Å². The molecule has 5 N–H and O–H groups in total. The molecule has 2 aromatic heterocycles. The van der Waals surface area contributed by atoms with Gasteiger partial charge >= 0.3 is 11.9 Å². The maximum absolute atomic E-state index is 11.4. The van der Waals surface area contributed by atoms with Crippen LogP contribution in [0, 0.1) is 13.8 Å². The summed E-state index contributed by atoms with van der Waals surface area (Å²) >= 11 is 0. The first-order valence-electron chi connectivity index (χ1n) is 15.2. The third kappa shape index (κ3) is 9.10. The van der Waals surface area contributed by atoms with Crippen molar-refractivity contribution in [3.05, 3.63) is 137 Å². The van der Waals surface area contributed by atoms with E-state index in [-0.39, 0.29) is 50.9 Å². The van der Waals surface area contributed by atoms with Crippen molar-refractivity contribution in [1.82, 2.24) is 19.6 Å². The van der Waals surface area contributed by atoms with Gasteiger partial charge in [0.2, 0.25) is 11.8 Å². The average molecular weight is 782 g/mol. The smallest absolute Gasteiger partial charge is 0.337 e. The van der Waals surface area contributed by atoms with Crippen LogP contribution in [0.1, 0.15) is 43.2 Å². The zero-order valence-corrected chi connectivity index (χ0v) is 29.6. The van der Waals surface area contributed by atoms with E-state index in [0.717, 1.165) is 23.9 Å². The SMILES string of the molecule is Cc1nn(-c2ccccc2)c(O)c1C=Nc1cc(S(=O)(=O)O)ccc1C(=O)O.Cc1nn(-c2ccccc2)c(O)c1C=Nc1ccccc1C(=O)O.[Co]. The zero-order valence-electron chi connectivity index (χ0n) is 27.8. The quantitative estimate of drug-likeness (QED) is 0.0855. The summed E-state index contributed by atoms with van der Waals surface area (Å²) in [6.45, 7) is 3.39. The van der Waals surface area contributed by atoms with E-state index in [1.165, 1.54) is 27.9 Å². The maximum Gasteiger partial charge on any atom is 0.337 e. The number of aromatic nitrogens is 4. The van der Waals surface area contributed by atoms with Crippen LogP contribution in [-0.4, -0.2) is 77.3 Å². The van der Waals surface area contributed by atoms with Crippen LogP contribution in [0.25, 0.3) is 11.4 Å². The van der Waals surface area contributed by atoms with E-state index in [1.54, 1.807) is 56.3 Å². The van der Waals surface area contributed by atoms with Crippen LogP contribution in [0.15, 0.2) is 118 Å². The van der Waals surface area contributed by atoms with Gasteiger partial charge in [0.1, 0.15) is 0 Å². The third-order valence-corrected chi connectivity index (χ3v) is 8.31. The number of carbonyl (C=O) groups is 2. The predicted molar refractivity (Wildman–Crippen MR) is 191 cm³/mol. The van der Waals surface area contributed by atoms with Gasteiger partial charge in [0, 0.05) is 29.2 Å². The first kappa shape index (κ1) is 39.4. The Morgan fingerprint density at radius 2 is 1.06 bits per heavy atom. The van der Waals surface area contributed by atoms with Gasteiger partial charge in [0.05, 0.1) is 61.3 Å². The van der Waals surface area contributed by atoms with Gasteiger partial charge in [0.15, 0.2) is 0 Å². The molecule has 0 bridgehead atoms. The Balaban J connectivity index is 0.000000235. The summed E-state index contributed by atoms with van der Waals surface area (Å²) in [7, 11) is -4.53. The second kappa shape index (κ2) is 16.7. The van der Waals surface area contributed by atoms with Crippen LogP contribution in [0.4, 0.5) is 11.4 Å². The van der Waals surface area contributed by atoms with Gasteiger partial charge in [-0.2, -0.15) is 18.6 Å². The Labute approximate surface area is 312 Å². The average Bonchev–Trinajstić information content (AvgIpc) is 3.58. The summed E-state index contributed by atoms with van der Waals surface area (Å²) in [6.07, 6.45) is 2.62. The van der Waals surface area contributed by atoms with Gasteiger partial charge in [-0.25, -0.2) is 19.0 Å². The number of aryl methyl sites for hydroxylation is 2. The predicted octanol–water partition coefficient (Wildman–Crippen LogP) is 5.91. The van der Waals surface area contributed by atoms with E-state index in [1.807, 2.05) is 36.4 Å². The molecule has 0 aliphatic rings. The summed E-state index contributed by atoms with van der Waals surface area (Å²) in [5.41, 5.74) is 2.98. The van der Waals surface area contributed by atoms with Crippen molar-refractivity contribution in [2.45, 2.75) is 18.7 Å². The second-order valence-electron chi connectivity index (χ2n) is 10.9. The molecule has 1 radical (unpaired) electrons. The molecule has 0 amide bonds. The van der Waals surface area contributed by atoms with Crippen LogP contribution >= 0.6 is 0 Å². The molecule has 273 valence electrons. The maximum atomic E-state index is 11.4. The second-order valence-corrected chi connectivity index (χ2v) is 12.4. The van der Waals surface area contributed by atoms with Crippen molar-refractivity contribution < 1.29 is 59.8 Å².